The minimum absolute atomic E-state index is 0.104. The molecule has 6 nitrogen and oxygen atoms in total. The first kappa shape index (κ1) is 17.0. The molecule has 0 fully saturated rings. The summed E-state index contributed by atoms with van der Waals surface area (Å²) in [7, 11) is 0. The average molecular weight is 360 g/mol. The number of carbonyl (C=O) groups is 2. The van der Waals surface area contributed by atoms with Crippen molar-refractivity contribution in [1.82, 2.24) is 10.3 Å². The Bertz CT molecular complexity index is 1020. The first-order chi connectivity index (χ1) is 13.1. The van der Waals surface area contributed by atoms with Crippen LogP contribution in [0.4, 0.5) is 5.69 Å². The molecule has 2 heterocycles. The maximum atomic E-state index is 12.5. The molecule has 2 aromatic carbocycles. The van der Waals surface area contributed by atoms with Gasteiger partial charge in [-0.1, -0.05) is 30.3 Å². The summed E-state index contributed by atoms with van der Waals surface area (Å²) >= 11 is 0. The number of aryl methyl sites for hydroxylation is 1. The summed E-state index contributed by atoms with van der Waals surface area (Å²) in [5, 5.41) is 9.63. The lowest BCUT2D eigenvalue weighted by Crippen LogP contribution is -2.39. The highest BCUT2D eigenvalue weighted by molar-refractivity contribution is 6.40. The van der Waals surface area contributed by atoms with Gasteiger partial charge in [0.05, 0.1) is 12.2 Å². The fraction of sp³-hybridized carbons (Fsp3) is 0.190. The maximum Gasteiger partial charge on any atom is 0.267 e. The molecule has 0 spiro atoms. The van der Waals surface area contributed by atoms with Gasteiger partial charge in [0.15, 0.2) is 0 Å². The largest absolute Gasteiger partial charge is 0.357 e. The average Bonchev–Trinajstić information content (AvgIpc) is 3.09. The van der Waals surface area contributed by atoms with E-state index in [1.807, 2.05) is 61.5 Å². The highest BCUT2D eigenvalue weighted by atomic mass is 16.2. The van der Waals surface area contributed by atoms with E-state index in [1.54, 1.807) is 0 Å². The third kappa shape index (κ3) is 3.60. The fourth-order valence-electron chi connectivity index (χ4n) is 3.18. The topological polar surface area (TPSA) is 77.6 Å². The molecular weight excluding hydrogens is 340 g/mol. The molecule has 0 atom stereocenters. The number of benzene rings is 2. The monoisotopic (exact) mass is 360 g/mol. The number of nitrogens with one attached hydrogen (secondary N) is 2. The lowest BCUT2D eigenvalue weighted by atomic mass is 10.1. The van der Waals surface area contributed by atoms with Gasteiger partial charge in [0.2, 0.25) is 5.91 Å². The Morgan fingerprint density at radius 2 is 2.00 bits per heavy atom. The van der Waals surface area contributed by atoms with E-state index in [4.69, 9.17) is 0 Å². The summed E-state index contributed by atoms with van der Waals surface area (Å²) < 4.78 is 0. The highest BCUT2D eigenvalue weighted by Crippen LogP contribution is 2.21. The van der Waals surface area contributed by atoms with Crippen LogP contribution in [0.1, 0.15) is 24.1 Å². The zero-order valence-corrected chi connectivity index (χ0v) is 15.0. The normalized spacial score (nSPS) is 14.3. The van der Waals surface area contributed by atoms with E-state index < -0.39 is 0 Å². The number of para-hydroxylation sites is 1. The number of H-pyrrole nitrogens is 1. The van der Waals surface area contributed by atoms with Crippen molar-refractivity contribution >= 4 is 34.1 Å². The van der Waals surface area contributed by atoms with Crippen LogP contribution in [0.5, 0.6) is 0 Å². The predicted octanol–water partition coefficient (Wildman–Crippen LogP) is 3.28. The molecule has 136 valence electrons. The van der Waals surface area contributed by atoms with Gasteiger partial charge < -0.3 is 10.3 Å². The molecule has 4 rings (SSSR count). The number of fused-ring (bicyclic) bond motifs is 1. The summed E-state index contributed by atoms with van der Waals surface area (Å²) in [4.78, 5) is 28.1. The smallest absolute Gasteiger partial charge is 0.267 e. The second kappa shape index (κ2) is 7.07. The molecule has 0 saturated heterocycles. The number of aromatic amines is 1. The second-order valence-electron chi connectivity index (χ2n) is 6.66. The molecule has 2 N–H and O–H groups in total. The number of nitrogens with zero attached hydrogens (tertiary/aromatic N) is 2. The Hall–Kier alpha value is -3.41. The number of hydrazone groups is 1. The molecule has 27 heavy (non-hydrogen) atoms. The lowest BCUT2D eigenvalue weighted by Gasteiger charge is -2.23. The highest BCUT2D eigenvalue weighted by Gasteiger charge is 2.25. The van der Waals surface area contributed by atoms with Gasteiger partial charge in [0.25, 0.3) is 5.91 Å². The number of amides is 2. The molecule has 0 aliphatic carbocycles. The summed E-state index contributed by atoms with van der Waals surface area (Å²) in [5.74, 6) is -0.355. The van der Waals surface area contributed by atoms with Crippen LogP contribution in [-0.2, 0) is 16.1 Å². The molecule has 0 bridgehead atoms. The van der Waals surface area contributed by atoms with Crippen LogP contribution < -0.4 is 10.3 Å². The van der Waals surface area contributed by atoms with Crippen LogP contribution in [0.2, 0.25) is 0 Å². The second-order valence-corrected chi connectivity index (χ2v) is 6.66. The molecular formula is C21H20N4O2. The molecule has 0 radical (unpaired) electrons. The van der Waals surface area contributed by atoms with Crippen LogP contribution in [0.3, 0.4) is 0 Å². The van der Waals surface area contributed by atoms with Crippen LogP contribution in [-0.4, -0.2) is 22.5 Å². The summed E-state index contributed by atoms with van der Waals surface area (Å²) in [6.07, 6.45) is 0.617. The third-order valence-electron chi connectivity index (χ3n) is 4.57. The van der Waals surface area contributed by atoms with E-state index in [2.05, 4.69) is 15.4 Å². The molecule has 1 aromatic heterocycles. The number of carbonyl (C=O) groups excluding carboxylic acids is 2. The predicted molar refractivity (Wildman–Crippen MR) is 105 cm³/mol. The van der Waals surface area contributed by atoms with Crippen LogP contribution >= 0.6 is 0 Å². The minimum Gasteiger partial charge on any atom is -0.357 e. The Balaban J connectivity index is 1.48. The van der Waals surface area contributed by atoms with Crippen molar-refractivity contribution in [3.05, 3.63) is 65.9 Å². The number of anilines is 1. The third-order valence-corrected chi connectivity index (χ3v) is 4.57. The van der Waals surface area contributed by atoms with Gasteiger partial charge in [-0.2, -0.15) is 5.10 Å². The van der Waals surface area contributed by atoms with Crippen molar-refractivity contribution in [1.29, 1.82) is 0 Å². The lowest BCUT2D eigenvalue weighted by molar-refractivity contribution is -0.119. The number of hydrogen-bond acceptors (Lipinski definition) is 3. The molecule has 1 aliphatic heterocycles. The Kier molecular flexibility index (Phi) is 4.46. The van der Waals surface area contributed by atoms with Crippen LogP contribution in [0.15, 0.2) is 59.7 Å². The van der Waals surface area contributed by atoms with E-state index in [9.17, 15) is 9.59 Å². The van der Waals surface area contributed by atoms with Gasteiger partial charge in [-0.05, 0) is 42.1 Å². The number of aromatic nitrogens is 1. The standard InChI is InChI=1S/C21H20N4O2/c1-14-5-4-7-17(11-14)25-20(26)10-9-19(24-25)21(27)22-13-16-12-15-6-2-3-8-18(15)23-16/h2-8,11-12,23H,9-10,13H2,1H3,(H,22,27). The molecule has 1 aliphatic rings. The zero-order valence-electron chi connectivity index (χ0n) is 15.0. The van der Waals surface area contributed by atoms with Crippen molar-refractivity contribution in [3.63, 3.8) is 0 Å². The van der Waals surface area contributed by atoms with Gasteiger partial charge in [-0.25, -0.2) is 5.01 Å². The number of rotatable bonds is 4. The van der Waals surface area contributed by atoms with Crippen molar-refractivity contribution in [2.75, 3.05) is 5.01 Å². The van der Waals surface area contributed by atoms with Crippen molar-refractivity contribution < 1.29 is 9.59 Å². The van der Waals surface area contributed by atoms with Gasteiger partial charge in [-0.3, -0.25) is 9.59 Å². The van der Waals surface area contributed by atoms with Crippen molar-refractivity contribution in [3.8, 4) is 0 Å². The number of hydrogen-bond donors (Lipinski definition) is 2. The molecule has 2 amide bonds. The van der Waals surface area contributed by atoms with Crippen molar-refractivity contribution in [2.45, 2.75) is 26.3 Å². The molecule has 3 aromatic rings. The summed E-state index contributed by atoms with van der Waals surface area (Å²) in [5.41, 5.74) is 4.04. The van der Waals surface area contributed by atoms with E-state index in [0.717, 1.165) is 22.2 Å². The summed E-state index contributed by atoms with van der Waals surface area (Å²) in [6.45, 7) is 2.33. The molecule has 0 saturated carbocycles. The quantitative estimate of drug-likeness (QED) is 0.749. The Morgan fingerprint density at radius 1 is 1.15 bits per heavy atom. The Labute approximate surface area is 156 Å². The van der Waals surface area contributed by atoms with E-state index in [-0.39, 0.29) is 18.2 Å². The minimum atomic E-state index is -0.251. The van der Waals surface area contributed by atoms with Crippen molar-refractivity contribution in [2.24, 2.45) is 5.10 Å². The van der Waals surface area contributed by atoms with Gasteiger partial charge in [-0.15, -0.1) is 0 Å². The van der Waals surface area contributed by atoms with Gasteiger partial charge in [0, 0.05) is 24.1 Å². The van der Waals surface area contributed by atoms with Crippen LogP contribution in [0, 0.1) is 6.92 Å². The van der Waals surface area contributed by atoms with Gasteiger partial charge in [0.1, 0.15) is 5.71 Å². The van der Waals surface area contributed by atoms with E-state index in [0.29, 0.717) is 24.4 Å². The maximum absolute atomic E-state index is 12.5. The Morgan fingerprint density at radius 3 is 2.81 bits per heavy atom. The molecule has 0 unspecified atom stereocenters. The van der Waals surface area contributed by atoms with E-state index >= 15 is 0 Å². The zero-order chi connectivity index (χ0) is 18.8. The van der Waals surface area contributed by atoms with Crippen LogP contribution in [0.25, 0.3) is 10.9 Å². The summed E-state index contributed by atoms with van der Waals surface area (Å²) in [6, 6.07) is 17.5. The van der Waals surface area contributed by atoms with Gasteiger partial charge >= 0.3 is 0 Å². The SMILES string of the molecule is Cc1cccc(N2N=C(C(=O)NCc3cc4ccccc4[nH]3)CCC2=O)c1. The first-order valence-corrected chi connectivity index (χ1v) is 8.92. The van der Waals surface area contributed by atoms with E-state index in [1.165, 1.54) is 5.01 Å². The molecule has 6 heteroatoms. The fourth-order valence-corrected chi connectivity index (χ4v) is 3.18. The first-order valence-electron chi connectivity index (χ1n) is 8.92.